The second-order valence-corrected chi connectivity index (χ2v) is 9.22. The Morgan fingerprint density at radius 2 is 2.03 bits per heavy atom. The van der Waals surface area contributed by atoms with Gasteiger partial charge < -0.3 is 9.72 Å². The number of nitrogens with one attached hydrogen (secondary N) is 1. The molecule has 8 nitrogen and oxygen atoms in total. The van der Waals surface area contributed by atoms with Gasteiger partial charge in [-0.1, -0.05) is 25.6 Å². The maximum absolute atomic E-state index is 13.2. The molecule has 0 unspecified atom stereocenters. The number of benzene rings is 1. The largest absolute Gasteiger partial charge is 0.465 e. The van der Waals surface area contributed by atoms with Gasteiger partial charge in [-0.25, -0.2) is 14.8 Å². The van der Waals surface area contributed by atoms with Gasteiger partial charge in [0, 0.05) is 6.54 Å². The molecule has 0 atom stereocenters. The number of carbonyl (C=O) groups excluding carboxylic acids is 1. The lowest BCUT2D eigenvalue weighted by molar-refractivity contribution is 0.0601. The van der Waals surface area contributed by atoms with Gasteiger partial charge in [0.15, 0.2) is 5.16 Å². The number of nitrogens with zero attached hydrogens (tertiary/aromatic N) is 3. The van der Waals surface area contributed by atoms with Crippen molar-refractivity contribution in [3.05, 3.63) is 61.7 Å². The van der Waals surface area contributed by atoms with Crippen LogP contribution in [-0.2, 0) is 17.0 Å². The minimum Gasteiger partial charge on any atom is -0.465 e. The minimum atomic E-state index is -0.491. The molecular formula is C21H20N4O4S2. The van der Waals surface area contributed by atoms with E-state index in [1.165, 1.54) is 30.2 Å². The van der Waals surface area contributed by atoms with E-state index in [2.05, 4.69) is 15.0 Å². The highest BCUT2D eigenvalue weighted by Crippen LogP contribution is 2.23. The van der Waals surface area contributed by atoms with E-state index in [1.54, 1.807) is 28.8 Å². The summed E-state index contributed by atoms with van der Waals surface area (Å²) in [5, 5.41) is 2.76. The molecule has 0 saturated carbocycles. The van der Waals surface area contributed by atoms with E-state index in [0.717, 1.165) is 0 Å². The second kappa shape index (κ2) is 8.64. The molecule has 0 amide bonds. The third-order valence-electron chi connectivity index (χ3n) is 4.59. The fourth-order valence-corrected chi connectivity index (χ4v) is 4.81. The molecule has 0 saturated heterocycles. The lowest BCUT2D eigenvalue weighted by Crippen LogP contribution is -2.25. The molecule has 160 valence electrons. The number of rotatable bonds is 6. The normalized spacial score (nSPS) is 11.5. The van der Waals surface area contributed by atoms with Crippen LogP contribution < -0.4 is 11.1 Å². The average molecular weight is 457 g/mol. The number of H-pyrrole nitrogens is 1. The molecule has 4 rings (SSSR count). The molecule has 0 bridgehead atoms. The molecule has 1 N–H and O–H groups in total. The average Bonchev–Trinajstić information content (AvgIpc) is 3.22. The van der Waals surface area contributed by atoms with Gasteiger partial charge in [-0.15, -0.1) is 11.3 Å². The van der Waals surface area contributed by atoms with E-state index in [1.807, 2.05) is 19.2 Å². The molecule has 10 heteroatoms. The highest BCUT2D eigenvalue weighted by molar-refractivity contribution is 7.98. The fourth-order valence-electron chi connectivity index (χ4n) is 3.20. The lowest BCUT2D eigenvalue weighted by Gasteiger charge is -2.15. The summed E-state index contributed by atoms with van der Waals surface area (Å²) in [5.74, 6) is 0.587. The Kier molecular flexibility index (Phi) is 5.92. The Balaban J connectivity index is 1.76. The van der Waals surface area contributed by atoms with Crippen molar-refractivity contribution in [2.24, 2.45) is 5.92 Å². The molecule has 4 aromatic rings. The number of methoxy groups -OCH3 is 1. The first kappa shape index (κ1) is 21.3. The Morgan fingerprint density at radius 1 is 1.23 bits per heavy atom. The molecule has 0 spiro atoms. The van der Waals surface area contributed by atoms with Gasteiger partial charge in [0.2, 0.25) is 0 Å². The SMILES string of the molecule is COC(=O)c1ccc2c(=O)n(CC(C)C)c(SCc3nc4ccsc4c(=O)[nH]3)nc2c1. The number of fused-ring (bicyclic) bond motifs is 2. The first-order valence-corrected chi connectivity index (χ1v) is 11.5. The Hall–Kier alpha value is -2.98. The van der Waals surface area contributed by atoms with Crippen LogP contribution in [0.15, 0.2) is 44.4 Å². The van der Waals surface area contributed by atoms with Gasteiger partial charge in [0.25, 0.3) is 11.1 Å². The van der Waals surface area contributed by atoms with Gasteiger partial charge in [0.05, 0.1) is 34.8 Å². The van der Waals surface area contributed by atoms with Crippen molar-refractivity contribution in [3.63, 3.8) is 0 Å². The number of aromatic amines is 1. The summed E-state index contributed by atoms with van der Waals surface area (Å²) >= 11 is 2.66. The first-order valence-electron chi connectivity index (χ1n) is 9.59. The summed E-state index contributed by atoms with van der Waals surface area (Å²) in [6, 6.07) is 6.53. The van der Waals surface area contributed by atoms with Crippen LogP contribution in [0.3, 0.4) is 0 Å². The minimum absolute atomic E-state index is 0.174. The number of ether oxygens (including phenoxy) is 1. The van der Waals surface area contributed by atoms with Crippen molar-refractivity contribution in [1.82, 2.24) is 19.5 Å². The Morgan fingerprint density at radius 3 is 2.77 bits per heavy atom. The number of aromatic nitrogens is 4. The van der Waals surface area contributed by atoms with Crippen LogP contribution in [0.25, 0.3) is 21.1 Å². The summed E-state index contributed by atoms with van der Waals surface area (Å²) in [4.78, 5) is 49.2. The van der Waals surface area contributed by atoms with Crippen LogP contribution in [0.5, 0.6) is 0 Å². The Labute approximate surface area is 185 Å². The molecule has 31 heavy (non-hydrogen) atoms. The van der Waals surface area contributed by atoms with Crippen LogP contribution in [-0.4, -0.2) is 32.6 Å². The van der Waals surface area contributed by atoms with Crippen molar-refractivity contribution in [1.29, 1.82) is 0 Å². The third kappa shape index (κ3) is 4.26. The summed E-state index contributed by atoms with van der Waals surface area (Å²) < 4.78 is 6.99. The third-order valence-corrected chi connectivity index (χ3v) is 6.48. The van der Waals surface area contributed by atoms with Crippen LogP contribution >= 0.6 is 23.1 Å². The van der Waals surface area contributed by atoms with Crippen molar-refractivity contribution in [2.45, 2.75) is 31.3 Å². The van der Waals surface area contributed by atoms with Gasteiger partial charge in [-0.05, 0) is 35.6 Å². The Bertz CT molecular complexity index is 1400. The predicted molar refractivity (Wildman–Crippen MR) is 122 cm³/mol. The van der Waals surface area contributed by atoms with Crippen LogP contribution in [0.1, 0.15) is 30.0 Å². The molecule has 0 aliphatic heterocycles. The highest BCUT2D eigenvalue weighted by atomic mass is 32.2. The molecule has 1 aromatic carbocycles. The van der Waals surface area contributed by atoms with Gasteiger partial charge in [-0.2, -0.15) is 0 Å². The van der Waals surface area contributed by atoms with Crippen LogP contribution in [0.4, 0.5) is 0 Å². The maximum Gasteiger partial charge on any atom is 0.337 e. The van der Waals surface area contributed by atoms with E-state index < -0.39 is 5.97 Å². The molecule has 0 radical (unpaired) electrons. The van der Waals surface area contributed by atoms with Gasteiger partial charge in [0.1, 0.15) is 10.5 Å². The molecule has 0 fully saturated rings. The smallest absolute Gasteiger partial charge is 0.337 e. The van der Waals surface area contributed by atoms with Crippen molar-refractivity contribution in [2.75, 3.05) is 7.11 Å². The standard InChI is InChI=1S/C21H20N4O4S2/c1-11(2)9-25-19(27)13-5-4-12(20(28)29-3)8-15(13)23-21(25)31-10-16-22-14-6-7-30-17(14)18(26)24-16/h4-8,11H,9-10H2,1-3H3,(H,22,24,26). The number of esters is 1. The number of hydrogen-bond donors (Lipinski definition) is 1. The zero-order chi connectivity index (χ0) is 22.1. The second-order valence-electron chi connectivity index (χ2n) is 7.36. The van der Waals surface area contributed by atoms with E-state index in [0.29, 0.717) is 50.0 Å². The van der Waals surface area contributed by atoms with E-state index in [4.69, 9.17) is 4.74 Å². The number of hydrogen-bond acceptors (Lipinski definition) is 8. The fraction of sp³-hybridized carbons (Fsp3) is 0.286. The zero-order valence-corrected chi connectivity index (χ0v) is 18.8. The predicted octanol–water partition coefficient (Wildman–Crippen LogP) is 3.43. The zero-order valence-electron chi connectivity index (χ0n) is 17.2. The van der Waals surface area contributed by atoms with Gasteiger partial charge in [-0.3, -0.25) is 14.2 Å². The van der Waals surface area contributed by atoms with Crippen LogP contribution in [0.2, 0.25) is 0 Å². The van der Waals surface area contributed by atoms with E-state index >= 15 is 0 Å². The van der Waals surface area contributed by atoms with Crippen LogP contribution in [0, 0.1) is 5.92 Å². The number of thioether (sulfide) groups is 1. The monoisotopic (exact) mass is 456 g/mol. The molecule has 3 aromatic heterocycles. The highest BCUT2D eigenvalue weighted by Gasteiger charge is 2.16. The van der Waals surface area contributed by atoms with Crippen molar-refractivity contribution < 1.29 is 9.53 Å². The lowest BCUT2D eigenvalue weighted by atomic mass is 10.1. The summed E-state index contributed by atoms with van der Waals surface area (Å²) in [7, 11) is 1.31. The first-order chi connectivity index (χ1) is 14.9. The molecule has 0 aliphatic rings. The molecule has 0 aliphatic carbocycles. The number of carbonyl (C=O) groups is 1. The summed E-state index contributed by atoms with van der Waals surface area (Å²) in [5.41, 5.74) is 1.05. The molecular weight excluding hydrogens is 436 g/mol. The topological polar surface area (TPSA) is 107 Å². The van der Waals surface area contributed by atoms with Crippen molar-refractivity contribution >= 4 is 50.2 Å². The van der Waals surface area contributed by atoms with Gasteiger partial charge >= 0.3 is 5.97 Å². The summed E-state index contributed by atoms with van der Waals surface area (Å²) in [6.07, 6.45) is 0. The number of thiophene rings is 1. The van der Waals surface area contributed by atoms with Crippen molar-refractivity contribution in [3.8, 4) is 0 Å². The maximum atomic E-state index is 13.2. The summed E-state index contributed by atoms with van der Waals surface area (Å²) in [6.45, 7) is 4.54. The molecule has 3 heterocycles. The van der Waals surface area contributed by atoms with E-state index in [9.17, 15) is 14.4 Å². The quantitative estimate of drug-likeness (QED) is 0.269. The van der Waals surface area contributed by atoms with E-state index in [-0.39, 0.29) is 17.0 Å².